The molecule has 27 heavy (non-hydrogen) atoms. The molecular formula is C20H31N5OS. The third-order valence-electron chi connectivity index (χ3n) is 4.24. The maximum atomic E-state index is 12.3. The number of anilines is 1. The Hall–Kier alpha value is -2.02. The van der Waals surface area contributed by atoms with Crippen molar-refractivity contribution in [2.75, 3.05) is 18.0 Å². The minimum absolute atomic E-state index is 0.000579. The van der Waals surface area contributed by atoms with Crippen LogP contribution in [0, 0.1) is 0 Å². The van der Waals surface area contributed by atoms with Crippen molar-refractivity contribution >= 4 is 23.4 Å². The van der Waals surface area contributed by atoms with Gasteiger partial charge in [-0.15, -0.1) is 10.2 Å². The molecule has 0 spiro atoms. The van der Waals surface area contributed by atoms with E-state index < -0.39 is 0 Å². The molecule has 1 aromatic heterocycles. The highest BCUT2D eigenvalue weighted by Gasteiger charge is 2.22. The highest BCUT2D eigenvalue weighted by molar-refractivity contribution is 8.00. The van der Waals surface area contributed by atoms with Crippen LogP contribution >= 0.6 is 11.8 Å². The molecule has 1 unspecified atom stereocenters. The van der Waals surface area contributed by atoms with Gasteiger partial charge in [0.05, 0.1) is 5.25 Å². The Morgan fingerprint density at radius 1 is 1.19 bits per heavy atom. The average Bonchev–Trinajstić information content (AvgIpc) is 2.96. The second-order valence-electron chi connectivity index (χ2n) is 7.58. The number of carbonyl (C=O) groups is 1. The van der Waals surface area contributed by atoms with Crippen LogP contribution in [-0.2, 0) is 11.8 Å². The van der Waals surface area contributed by atoms with Gasteiger partial charge in [-0.05, 0) is 65.8 Å². The SMILES string of the molecule is CCN(CC)c1ccc(-c2nnc(SC(C)C(=O)NC(C)(C)C)n2C)cc1. The molecular weight excluding hydrogens is 358 g/mol. The van der Waals surface area contributed by atoms with Crippen molar-refractivity contribution in [2.45, 2.75) is 57.5 Å². The monoisotopic (exact) mass is 389 g/mol. The Morgan fingerprint density at radius 3 is 2.30 bits per heavy atom. The lowest BCUT2D eigenvalue weighted by Crippen LogP contribution is -2.44. The van der Waals surface area contributed by atoms with Crippen molar-refractivity contribution in [3.8, 4) is 11.4 Å². The lowest BCUT2D eigenvalue weighted by atomic mass is 10.1. The summed E-state index contributed by atoms with van der Waals surface area (Å²) in [6.07, 6.45) is 0. The maximum Gasteiger partial charge on any atom is 0.233 e. The summed E-state index contributed by atoms with van der Waals surface area (Å²) in [5.74, 6) is 0.799. The Morgan fingerprint density at radius 2 is 1.78 bits per heavy atom. The quantitative estimate of drug-likeness (QED) is 0.731. The zero-order chi connectivity index (χ0) is 20.2. The van der Waals surface area contributed by atoms with E-state index >= 15 is 0 Å². The van der Waals surface area contributed by atoms with Crippen molar-refractivity contribution < 1.29 is 4.79 Å². The summed E-state index contributed by atoms with van der Waals surface area (Å²) in [4.78, 5) is 14.6. The van der Waals surface area contributed by atoms with Crippen molar-refractivity contribution in [3.05, 3.63) is 24.3 Å². The molecule has 0 fully saturated rings. The summed E-state index contributed by atoms with van der Waals surface area (Å²) in [7, 11) is 1.93. The van der Waals surface area contributed by atoms with Crippen molar-refractivity contribution in [1.82, 2.24) is 20.1 Å². The van der Waals surface area contributed by atoms with Gasteiger partial charge >= 0.3 is 0 Å². The molecule has 2 aromatic rings. The molecule has 0 aliphatic rings. The predicted octanol–water partition coefficient (Wildman–Crippen LogP) is 3.72. The average molecular weight is 390 g/mol. The number of hydrogen-bond donors (Lipinski definition) is 1. The van der Waals surface area contributed by atoms with Crippen LogP contribution in [0.5, 0.6) is 0 Å². The van der Waals surface area contributed by atoms with Crippen LogP contribution in [0.4, 0.5) is 5.69 Å². The Balaban J connectivity index is 2.14. The van der Waals surface area contributed by atoms with Crippen LogP contribution in [0.1, 0.15) is 41.5 Å². The number of aromatic nitrogens is 3. The normalized spacial score (nSPS) is 12.7. The number of benzene rings is 1. The second-order valence-corrected chi connectivity index (χ2v) is 8.89. The van der Waals surface area contributed by atoms with Crippen LogP contribution in [0.3, 0.4) is 0 Å². The molecule has 7 heteroatoms. The topological polar surface area (TPSA) is 63.1 Å². The Bertz CT molecular complexity index is 760. The first-order chi connectivity index (χ1) is 12.7. The van der Waals surface area contributed by atoms with E-state index in [0.717, 1.165) is 29.6 Å². The second kappa shape index (κ2) is 8.78. The van der Waals surface area contributed by atoms with E-state index in [4.69, 9.17) is 0 Å². The summed E-state index contributed by atoms with van der Waals surface area (Å²) < 4.78 is 1.94. The van der Waals surface area contributed by atoms with E-state index in [2.05, 4.69) is 58.5 Å². The molecule has 0 aliphatic heterocycles. The van der Waals surface area contributed by atoms with Gasteiger partial charge in [0.1, 0.15) is 0 Å². The smallest absolute Gasteiger partial charge is 0.233 e. The van der Waals surface area contributed by atoms with Crippen LogP contribution in [-0.4, -0.2) is 44.6 Å². The summed E-state index contributed by atoms with van der Waals surface area (Å²) in [6.45, 7) is 14.1. The van der Waals surface area contributed by atoms with Gasteiger partial charge in [0.25, 0.3) is 0 Å². The standard InChI is InChI=1S/C20H31N5OS/c1-8-25(9-2)16-12-10-15(11-13-16)17-22-23-19(24(17)7)27-14(3)18(26)21-20(4,5)6/h10-14H,8-9H2,1-7H3,(H,21,26). The maximum absolute atomic E-state index is 12.3. The number of rotatable bonds is 7. The van der Waals surface area contributed by atoms with E-state index in [1.165, 1.54) is 17.4 Å². The summed E-state index contributed by atoms with van der Waals surface area (Å²) >= 11 is 1.42. The first kappa shape index (κ1) is 21.3. The molecule has 0 aliphatic carbocycles. The fourth-order valence-corrected chi connectivity index (χ4v) is 3.58. The van der Waals surface area contributed by atoms with E-state index in [-0.39, 0.29) is 16.7 Å². The van der Waals surface area contributed by atoms with Crippen molar-refractivity contribution in [2.24, 2.45) is 7.05 Å². The molecule has 2 rings (SSSR count). The van der Waals surface area contributed by atoms with Crippen LogP contribution in [0.15, 0.2) is 29.4 Å². The number of amides is 1. The summed E-state index contributed by atoms with van der Waals surface area (Å²) in [6, 6.07) is 8.37. The minimum Gasteiger partial charge on any atom is -0.372 e. The third kappa shape index (κ3) is 5.48. The molecule has 0 radical (unpaired) electrons. The van der Waals surface area contributed by atoms with Crippen LogP contribution in [0.25, 0.3) is 11.4 Å². The zero-order valence-corrected chi connectivity index (χ0v) is 18.2. The number of carbonyl (C=O) groups excluding carboxylic acids is 1. The molecule has 148 valence electrons. The summed E-state index contributed by atoms with van der Waals surface area (Å²) in [5, 5.41) is 12.1. The predicted molar refractivity (Wildman–Crippen MR) is 113 cm³/mol. The Kier molecular flexibility index (Phi) is 6.92. The number of hydrogen-bond acceptors (Lipinski definition) is 5. The van der Waals surface area contributed by atoms with Crippen LogP contribution < -0.4 is 10.2 Å². The van der Waals surface area contributed by atoms with E-state index in [0.29, 0.717) is 0 Å². The van der Waals surface area contributed by atoms with Gasteiger partial charge in [-0.2, -0.15) is 0 Å². The molecule has 0 bridgehead atoms. The van der Waals surface area contributed by atoms with Crippen molar-refractivity contribution in [3.63, 3.8) is 0 Å². The molecule has 1 amide bonds. The number of thioether (sulfide) groups is 1. The number of nitrogens with one attached hydrogen (secondary N) is 1. The lowest BCUT2D eigenvalue weighted by molar-refractivity contribution is -0.121. The molecule has 0 saturated carbocycles. The van der Waals surface area contributed by atoms with E-state index in [1.54, 1.807) is 0 Å². The first-order valence-corrected chi connectivity index (χ1v) is 10.3. The fraction of sp³-hybridized carbons (Fsp3) is 0.550. The van der Waals surface area contributed by atoms with Gasteiger partial charge in [-0.25, -0.2) is 0 Å². The van der Waals surface area contributed by atoms with Gasteiger partial charge in [0, 0.05) is 36.9 Å². The van der Waals surface area contributed by atoms with Gasteiger partial charge in [0.2, 0.25) is 5.91 Å². The first-order valence-electron chi connectivity index (χ1n) is 9.39. The largest absolute Gasteiger partial charge is 0.372 e. The zero-order valence-electron chi connectivity index (χ0n) is 17.4. The highest BCUT2D eigenvalue weighted by atomic mass is 32.2. The number of nitrogens with zero attached hydrogens (tertiary/aromatic N) is 4. The minimum atomic E-state index is -0.246. The van der Waals surface area contributed by atoms with Gasteiger partial charge < -0.3 is 14.8 Å². The van der Waals surface area contributed by atoms with E-state index in [9.17, 15) is 4.79 Å². The summed E-state index contributed by atoms with van der Waals surface area (Å²) in [5.41, 5.74) is 1.97. The fourth-order valence-electron chi connectivity index (χ4n) is 2.76. The van der Waals surface area contributed by atoms with Crippen LogP contribution in [0.2, 0.25) is 0 Å². The molecule has 1 N–H and O–H groups in total. The van der Waals surface area contributed by atoms with Gasteiger partial charge in [-0.1, -0.05) is 11.8 Å². The molecule has 1 aromatic carbocycles. The molecule has 1 heterocycles. The molecule has 1 atom stereocenters. The highest BCUT2D eigenvalue weighted by Crippen LogP contribution is 2.27. The third-order valence-corrected chi connectivity index (χ3v) is 5.37. The van der Waals surface area contributed by atoms with Gasteiger partial charge in [0.15, 0.2) is 11.0 Å². The van der Waals surface area contributed by atoms with Crippen molar-refractivity contribution in [1.29, 1.82) is 0 Å². The van der Waals surface area contributed by atoms with Gasteiger partial charge in [-0.3, -0.25) is 4.79 Å². The van der Waals surface area contributed by atoms with E-state index in [1.807, 2.05) is 39.3 Å². The Labute approximate surface area is 166 Å². The molecule has 0 saturated heterocycles. The molecule has 6 nitrogen and oxygen atoms in total. The lowest BCUT2D eigenvalue weighted by Gasteiger charge is -2.22.